The predicted octanol–water partition coefficient (Wildman–Crippen LogP) is 1.60. The maximum Gasteiger partial charge on any atom is 0.326 e. The molecule has 5 nitrogen and oxygen atoms in total. The van der Waals surface area contributed by atoms with Crippen LogP contribution in [-0.4, -0.2) is 20.5 Å². The van der Waals surface area contributed by atoms with Gasteiger partial charge in [-0.2, -0.15) is 0 Å². The van der Waals surface area contributed by atoms with Crippen LogP contribution in [0.2, 0.25) is 0 Å². The van der Waals surface area contributed by atoms with E-state index in [-0.39, 0.29) is 0 Å². The number of carboxylic acid groups (broad SMARTS) is 1. The van der Waals surface area contributed by atoms with Gasteiger partial charge in [-0.25, -0.2) is 4.98 Å². The molecule has 0 fully saturated rings. The lowest BCUT2D eigenvalue weighted by atomic mass is 10.1. The molecule has 1 unspecified atom stereocenters. The van der Waals surface area contributed by atoms with Gasteiger partial charge in [0.1, 0.15) is 6.04 Å². The normalized spacial score (nSPS) is 13.5. The molecule has 6 heteroatoms. The zero-order valence-electron chi connectivity index (χ0n) is 9.04. The molecule has 16 heavy (non-hydrogen) atoms. The molecule has 2 aromatic heterocycles. The molecule has 0 amide bonds. The lowest BCUT2D eigenvalue weighted by Crippen LogP contribution is -2.22. The standard InChI is InChI=1S/C10H13N3O2S/c1-5(2)7-4-16-10-12-3-6(13(7)10)8(11)9(14)15/h3-5,8H,11H2,1-2H3,(H,14,15). The van der Waals surface area contributed by atoms with Crippen LogP contribution in [-0.2, 0) is 4.79 Å². The summed E-state index contributed by atoms with van der Waals surface area (Å²) in [6, 6.07) is -1.03. The van der Waals surface area contributed by atoms with E-state index in [0.717, 1.165) is 10.7 Å². The number of thiazole rings is 1. The number of hydrogen-bond acceptors (Lipinski definition) is 4. The molecule has 0 aliphatic rings. The summed E-state index contributed by atoms with van der Waals surface area (Å²) in [4.78, 5) is 15.8. The number of imidazole rings is 1. The fourth-order valence-corrected chi connectivity index (χ4v) is 2.63. The van der Waals surface area contributed by atoms with Gasteiger partial charge in [-0.1, -0.05) is 13.8 Å². The van der Waals surface area contributed by atoms with Crippen molar-refractivity contribution in [1.29, 1.82) is 0 Å². The molecule has 2 heterocycles. The summed E-state index contributed by atoms with van der Waals surface area (Å²) in [5, 5.41) is 10.9. The topological polar surface area (TPSA) is 80.6 Å². The largest absolute Gasteiger partial charge is 0.480 e. The van der Waals surface area contributed by atoms with Crippen molar-refractivity contribution in [3.8, 4) is 0 Å². The Labute approximate surface area is 96.5 Å². The molecule has 0 bridgehead atoms. The fraction of sp³-hybridized carbons (Fsp3) is 0.400. The second kappa shape index (κ2) is 3.88. The zero-order chi connectivity index (χ0) is 11.9. The SMILES string of the molecule is CC(C)c1csc2ncc(C(N)C(=O)O)n12. The molecule has 2 aromatic rings. The first kappa shape index (κ1) is 11.1. The lowest BCUT2D eigenvalue weighted by molar-refractivity contribution is -0.138. The van der Waals surface area contributed by atoms with Crippen molar-refractivity contribution >= 4 is 22.3 Å². The zero-order valence-corrected chi connectivity index (χ0v) is 9.86. The lowest BCUT2D eigenvalue weighted by Gasteiger charge is -2.09. The molecule has 0 aliphatic heterocycles. The van der Waals surface area contributed by atoms with Crippen LogP contribution in [0.1, 0.15) is 37.2 Å². The Balaban J connectivity index is 2.61. The Morgan fingerprint density at radius 3 is 2.81 bits per heavy atom. The second-order valence-corrected chi connectivity index (χ2v) is 4.77. The van der Waals surface area contributed by atoms with Gasteiger partial charge >= 0.3 is 5.97 Å². The Morgan fingerprint density at radius 2 is 2.25 bits per heavy atom. The summed E-state index contributed by atoms with van der Waals surface area (Å²) in [6.07, 6.45) is 1.54. The monoisotopic (exact) mass is 239 g/mol. The maximum absolute atomic E-state index is 10.9. The number of aromatic nitrogens is 2. The van der Waals surface area contributed by atoms with Gasteiger partial charge in [-0.05, 0) is 5.92 Å². The number of nitrogens with two attached hydrogens (primary N) is 1. The molecule has 0 saturated heterocycles. The van der Waals surface area contributed by atoms with Gasteiger partial charge in [0, 0.05) is 11.1 Å². The molecule has 0 radical (unpaired) electrons. The van der Waals surface area contributed by atoms with Crippen LogP contribution in [0.3, 0.4) is 0 Å². The minimum absolute atomic E-state index is 0.308. The number of aliphatic carboxylic acids is 1. The molecular formula is C10H13N3O2S. The van der Waals surface area contributed by atoms with Crippen molar-refractivity contribution in [2.24, 2.45) is 5.73 Å². The summed E-state index contributed by atoms with van der Waals surface area (Å²) >= 11 is 1.50. The highest BCUT2D eigenvalue weighted by molar-refractivity contribution is 7.15. The van der Waals surface area contributed by atoms with E-state index in [2.05, 4.69) is 18.8 Å². The fourth-order valence-electron chi connectivity index (χ4n) is 1.60. The maximum atomic E-state index is 10.9. The highest BCUT2D eigenvalue weighted by Crippen LogP contribution is 2.26. The highest BCUT2D eigenvalue weighted by atomic mass is 32.1. The Hall–Kier alpha value is -1.40. The van der Waals surface area contributed by atoms with Crippen molar-refractivity contribution in [2.75, 3.05) is 0 Å². The third-order valence-electron chi connectivity index (χ3n) is 2.48. The molecule has 2 rings (SSSR count). The quantitative estimate of drug-likeness (QED) is 0.852. The number of fused-ring (bicyclic) bond motifs is 1. The van der Waals surface area contributed by atoms with Crippen LogP contribution in [0.15, 0.2) is 11.6 Å². The third-order valence-corrected chi connectivity index (χ3v) is 3.33. The molecule has 3 N–H and O–H groups in total. The number of carboxylic acids is 1. The Kier molecular flexibility index (Phi) is 2.69. The summed E-state index contributed by atoms with van der Waals surface area (Å²) in [6.45, 7) is 4.11. The molecule has 1 atom stereocenters. The van der Waals surface area contributed by atoms with Gasteiger partial charge in [0.2, 0.25) is 0 Å². The van der Waals surface area contributed by atoms with Gasteiger partial charge in [0.25, 0.3) is 0 Å². The molecule has 0 aliphatic carbocycles. The Morgan fingerprint density at radius 1 is 1.56 bits per heavy atom. The molecule has 0 aromatic carbocycles. The van der Waals surface area contributed by atoms with E-state index in [1.165, 1.54) is 17.5 Å². The van der Waals surface area contributed by atoms with E-state index >= 15 is 0 Å². The van der Waals surface area contributed by atoms with Crippen molar-refractivity contribution in [3.05, 3.63) is 23.0 Å². The molecule has 86 valence electrons. The summed E-state index contributed by atoms with van der Waals surface area (Å²) in [7, 11) is 0. The van der Waals surface area contributed by atoms with Crippen molar-refractivity contribution < 1.29 is 9.90 Å². The van der Waals surface area contributed by atoms with Crippen molar-refractivity contribution in [3.63, 3.8) is 0 Å². The summed E-state index contributed by atoms with van der Waals surface area (Å²) in [5.74, 6) is -0.731. The van der Waals surface area contributed by atoms with Crippen LogP contribution in [0, 0.1) is 0 Å². The molecule has 0 saturated carbocycles. The highest BCUT2D eigenvalue weighted by Gasteiger charge is 2.21. The molecular weight excluding hydrogens is 226 g/mol. The predicted molar refractivity (Wildman–Crippen MR) is 61.7 cm³/mol. The van der Waals surface area contributed by atoms with E-state index in [9.17, 15) is 4.79 Å². The average molecular weight is 239 g/mol. The first-order chi connectivity index (χ1) is 7.52. The van der Waals surface area contributed by atoms with Crippen LogP contribution in [0.5, 0.6) is 0 Å². The van der Waals surface area contributed by atoms with Gasteiger partial charge in [0.15, 0.2) is 4.96 Å². The Bertz CT molecular complexity index is 529. The molecule has 0 spiro atoms. The van der Waals surface area contributed by atoms with E-state index in [1.54, 1.807) is 0 Å². The van der Waals surface area contributed by atoms with E-state index in [1.807, 2.05) is 9.78 Å². The number of rotatable bonds is 3. The number of hydrogen-bond donors (Lipinski definition) is 2. The van der Waals surface area contributed by atoms with E-state index in [0.29, 0.717) is 11.6 Å². The first-order valence-electron chi connectivity index (χ1n) is 4.95. The van der Waals surface area contributed by atoms with Gasteiger partial charge in [-0.15, -0.1) is 11.3 Å². The average Bonchev–Trinajstić information content (AvgIpc) is 2.75. The summed E-state index contributed by atoms with van der Waals surface area (Å²) in [5.41, 5.74) is 7.20. The first-order valence-corrected chi connectivity index (χ1v) is 5.83. The van der Waals surface area contributed by atoms with Crippen LogP contribution < -0.4 is 5.73 Å². The van der Waals surface area contributed by atoms with Crippen LogP contribution in [0.25, 0.3) is 4.96 Å². The van der Waals surface area contributed by atoms with Gasteiger partial charge in [0.05, 0.1) is 11.9 Å². The summed E-state index contributed by atoms with van der Waals surface area (Å²) < 4.78 is 1.84. The minimum atomic E-state index is -1.04. The third kappa shape index (κ3) is 1.60. The number of nitrogens with zero attached hydrogens (tertiary/aromatic N) is 2. The van der Waals surface area contributed by atoms with Crippen LogP contribution in [0.4, 0.5) is 0 Å². The second-order valence-electron chi connectivity index (χ2n) is 3.93. The van der Waals surface area contributed by atoms with Gasteiger partial charge in [-0.3, -0.25) is 9.20 Å². The van der Waals surface area contributed by atoms with Gasteiger partial charge < -0.3 is 10.8 Å². The van der Waals surface area contributed by atoms with Crippen molar-refractivity contribution in [1.82, 2.24) is 9.38 Å². The van der Waals surface area contributed by atoms with Crippen LogP contribution >= 0.6 is 11.3 Å². The number of carbonyl (C=O) groups is 1. The van der Waals surface area contributed by atoms with E-state index in [4.69, 9.17) is 10.8 Å². The van der Waals surface area contributed by atoms with Crippen molar-refractivity contribution in [2.45, 2.75) is 25.8 Å². The smallest absolute Gasteiger partial charge is 0.326 e. The minimum Gasteiger partial charge on any atom is -0.480 e. The van der Waals surface area contributed by atoms with E-state index < -0.39 is 12.0 Å².